The summed E-state index contributed by atoms with van der Waals surface area (Å²) in [5.41, 5.74) is -0.268. The maximum atomic E-state index is 5.78. The molecule has 2 fully saturated rings. The van der Waals surface area contributed by atoms with Crippen LogP contribution in [0.2, 0.25) is 0 Å². The fraction of sp³-hybridized carbons (Fsp3) is 0.636. The summed E-state index contributed by atoms with van der Waals surface area (Å²) in [7, 11) is 0. The van der Waals surface area contributed by atoms with Crippen LogP contribution in [0.1, 0.15) is 24.6 Å². The maximum absolute atomic E-state index is 5.78. The first-order valence-electron chi connectivity index (χ1n) is 5.41. The molecule has 3 heterocycles. The Morgan fingerprint density at radius 3 is 3.13 bits per heavy atom. The Balaban J connectivity index is 1.76. The summed E-state index contributed by atoms with van der Waals surface area (Å²) in [5.74, 6) is 0.990. The van der Waals surface area contributed by atoms with Crippen LogP contribution in [0.4, 0.5) is 0 Å². The smallest absolute Gasteiger partial charge is 0.145 e. The van der Waals surface area contributed by atoms with Gasteiger partial charge in [-0.3, -0.25) is 5.32 Å². The lowest BCUT2D eigenvalue weighted by atomic mass is 10.0. The molecule has 0 bridgehead atoms. The van der Waals surface area contributed by atoms with Gasteiger partial charge in [-0.25, -0.2) is 0 Å². The molecule has 82 valence electrons. The number of rotatable bonds is 1. The minimum absolute atomic E-state index is 0.260. The average molecular weight is 209 g/mol. The third-order valence-electron chi connectivity index (χ3n) is 3.09. The summed E-state index contributed by atoms with van der Waals surface area (Å²) < 4.78 is 16.6. The molecule has 3 rings (SSSR count). The van der Waals surface area contributed by atoms with Crippen LogP contribution >= 0.6 is 0 Å². The highest BCUT2D eigenvalue weighted by Crippen LogP contribution is 2.31. The standard InChI is InChI=1S/C11H15NO3/c1-2-10(14-5-1)9-3-6-15-11(12-9)4-7-13-8-11/h1-2,5,9,12H,3-4,6-8H2. The lowest BCUT2D eigenvalue weighted by Crippen LogP contribution is -2.53. The van der Waals surface area contributed by atoms with Crippen molar-refractivity contribution >= 4 is 0 Å². The van der Waals surface area contributed by atoms with E-state index in [1.807, 2.05) is 12.1 Å². The van der Waals surface area contributed by atoms with E-state index in [-0.39, 0.29) is 11.8 Å². The summed E-state index contributed by atoms with van der Waals surface area (Å²) >= 11 is 0. The summed E-state index contributed by atoms with van der Waals surface area (Å²) in [6.45, 7) is 2.18. The third kappa shape index (κ3) is 1.69. The van der Waals surface area contributed by atoms with Crippen LogP contribution in [0.25, 0.3) is 0 Å². The van der Waals surface area contributed by atoms with Crippen LogP contribution < -0.4 is 5.32 Å². The van der Waals surface area contributed by atoms with Gasteiger partial charge < -0.3 is 13.9 Å². The van der Waals surface area contributed by atoms with E-state index >= 15 is 0 Å². The molecule has 0 amide bonds. The van der Waals surface area contributed by atoms with Gasteiger partial charge in [-0.15, -0.1) is 0 Å². The molecule has 0 aromatic carbocycles. The van der Waals surface area contributed by atoms with Crippen LogP contribution in [-0.2, 0) is 9.47 Å². The Morgan fingerprint density at radius 1 is 1.40 bits per heavy atom. The van der Waals surface area contributed by atoms with Gasteiger partial charge >= 0.3 is 0 Å². The molecule has 4 heteroatoms. The number of nitrogens with one attached hydrogen (secondary N) is 1. The molecule has 4 nitrogen and oxygen atoms in total. The first-order valence-corrected chi connectivity index (χ1v) is 5.41. The molecule has 2 aliphatic rings. The van der Waals surface area contributed by atoms with Gasteiger partial charge in [0.05, 0.1) is 32.1 Å². The monoisotopic (exact) mass is 209 g/mol. The summed E-state index contributed by atoms with van der Waals surface area (Å²) in [6, 6.07) is 4.19. The van der Waals surface area contributed by atoms with E-state index in [1.165, 1.54) is 0 Å². The highest BCUT2D eigenvalue weighted by molar-refractivity contribution is 5.07. The minimum Gasteiger partial charge on any atom is -0.468 e. The Labute approximate surface area is 88.5 Å². The molecular formula is C11H15NO3. The second-order valence-corrected chi connectivity index (χ2v) is 4.15. The molecule has 1 aromatic rings. The number of hydrogen-bond donors (Lipinski definition) is 1. The molecule has 2 aliphatic heterocycles. The van der Waals surface area contributed by atoms with Crippen LogP contribution in [0.15, 0.2) is 22.8 Å². The van der Waals surface area contributed by atoms with E-state index < -0.39 is 0 Å². The van der Waals surface area contributed by atoms with E-state index in [4.69, 9.17) is 13.9 Å². The van der Waals surface area contributed by atoms with E-state index in [1.54, 1.807) is 6.26 Å². The Bertz CT molecular complexity index is 317. The lowest BCUT2D eigenvalue weighted by Gasteiger charge is -2.37. The molecule has 0 saturated carbocycles. The summed E-state index contributed by atoms with van der Waals surface area (Å²) in [5, 5.41) is 3.49. The first kappa shape index (κ1) is 9.39. The molecule has 1 N–H and O–H groups in total. The highest BCUT2D eigenvalue weighted by Gasteiger charge is 2.41. The SMILES string of the molecule is c1coc(C2CCOC3(CCOC3)N2)c1. The Hall–Kier alpha value is -0.840. The molecular weight excluding hydrogens is 194 g/mol. The van der Waals surface area contributed by atoms with Gasteiger partial charge in [0.25, 0.3) is 0 Å². The molecule has 2 unspecified atom stereocenters. The summed E-state index contributed by atoms with van der Waals surface area (Å²) in [4.78, 5) is 0. The quantitative estimate of drug-likeness (QED) is 0.760. The van der Waals surface area contributed by atoms with Crippen LogP contribution in [0.3, 0.4) is 0 Å². The average Bonchev–Trinajstić information content (AvgIpc) is 2.89. The summed E-state index contributed by atoms with van der Waals surface area (Å²) in [6.07, 6.45) is 3.59. The van der Waals surface area contributed by atoms with Crippen molar-refractivity contribution in [3.05, 3.63) is 24.2 Å². The number of ether oxygens (including phenoxy) is 2. The second kappa shape index (κ2) is 3.63. The van der Waals surface area contributed by atoms with Crippen molar-refractivity contribution in [2.24, 2.45) is 0 Å². The van der Waals surface area contributed by atoms with Crippen molar-refractivity contribution in [3.63, 3.8) is 0 Å². The Morgan fingerprint density at radius 2 is 2.40 bits per heavy atom. The minimum atomic E-state index is -0.268. The van der Waals surface area contributed by atoms with E-state index in [0.717, 1.165) is 31.8 Å². The highest BCUT2D eigenvalue weighted by atomic mass is 16.6. The van der Waals surface area contributed by atoms with Crippen molar-refractivity contribution in [3.8, 4) is 0 Å². The normalized spacial score (nSPS) is 36.1. The maximum Gasteiger partial charge on any atom is 0.145 e. The van der Waals surface area contributed by atoms with Crippen LogP contribution in [-0.4, -0.2) is 25.5 Å². The van der Waals surface area contributed by atoms with Gasteiger partial charge in [-0.1, -0.05) is 0 Å². The van der Waals surface area contributed by atoms with Crippen LogP contribution in [0.5, 0.6) is 0 Å². The number of furan rings is 1. The third-order valence-corrected chi connectivity index (χ3v) is 3.09. The first-order chi connectivity index (χ1) is 7.38. The van der Waals surface area contributed by atoms with Crippen molar-refractivity contribution in [1.29, 1.82) is 0 Å². The molecule has 0 aliphatic carbocycles. The van der Waals surface area contributed by atoms with Gasteiger partial charge in [-0.05, 0) is 18.6 Å². The lowest BCUT2D eigenvalue weighted by molar-refractivity contribution is -0.113. The van der Waals surface area contributed by atoms with Crippen LogP contribution in [0, 0.1) is 0 Å². The van der Waals surface area contributed by atoms with Crippen molar-refractivity contribution in [1.82, 2.24) is 5.32 Å². The van der Waals surface area contributed by atoms with Gasteiger partial charge in [0.15, 0.2) is 0 Å². The van der Waals surface area contributed by atoms with E-state index in [9.17, 15) is 0 Å². The molecule has 0 radical (unpaired) electrons. The molecule has 2 saturated heterocycles. The van der Waals surface area contributed by atoms with E-state index in [2.05, 4.69) is 5.32 Å². The Kier molecular flexibility index (Phi) is 2.27. The zero-order chi connectivity index (χ0) is 10.1. The van der Waals surface area contributed by atoms with Crippen molar-refractivity contribution in [2.75, 3.05) is 19.8 Å². The van der Waals surface area contributed by atoms with Gasteiger partial charge in [0.2, 0.25) is 0 Å². The van der Waals surface area contributed by atoms with Gasteiger partial charge in [-0.2, -0.15) is 0 Å². The molecule has 2 atom stereocenters. The largest absolute Gasteiger partial charge is 0.468 e. The predicted molar refractivity (Wildman–Crippen MR) is 53.3 cm³/mol. The van der Waals surface area contributed by atoms with Gasteiger partial charge in [0.1, 0.15) is 11.5 Å². The number of hydrogen-bond acceptors (Lipinski definition) is 4. The molecule has 1 spiro atoms. The van der Waals surface area contributed by atoms with Gasteiger partial charge in [0, 0.05) is 6.42 Å². The zero-order valence-corrected chi connectivity index (χ0v) is 8.57. The fourth-order valence-electron chi connectivity index (χ4n) is 2.28. The fourth-order valence-corrected chi connectivity index (χ4v) is 2.28. The van der Waals surface area contributed by atoms with Crippen molar-refractivity contribution < 1.29 is 13.9 Å². The zero-order valence-electron chi connectivity index (χ0n) is 8.57. The predicted octanol–water partition coefficient (Wildman–Crippen LogP) is 1.45. The second-order valence-electron chi connectivity index (χ2n) is 4.15. The molecule has 15 heavy (non-hydrogen) atoms. The topological polar surface area (TPSA) is 43.6 Å². The van der Waals surface area contributed by atoms with Crippen molar-refractivity contribution in [2.45, 2.75) is 24.6 Å². The van der Waals surface area contributed by atoms with E-state index in [0.29, 0.717) is 6.61 Å². The molecule has 1 aromatic heterocycles.